The third kappa shape index (κ3) is 3.78. The lowest BCUT2D eigenvalue weighted by Crippen LogP contribution is -2.44. The second-order valence-corrected chi connectivity index (χ2v) is 5.82. The minimum absolute atomic E-state index is 0.201. The van der Waals surface area contributed by atoms with Crippen molar-refractivity contribution >= 4 is 5.91 Å². The number of carbonyl (C=O) groups excluding carboxylic acids is 1. The molecule has 2 atom stereocenters. The molecule has 1 aliphatic rings. The summed E-state index contributed by atoms with van der Waals surface area (Å²) in [5, 5.41) is 11.6. The molecule has 0 bridgehead atoms. The molecule has 0 aliphatic heterocycles. The van der Waals surface area contributed by atoms with Gasteiger partial charge in [-0.05, 0) is 37.0 Å². The molecule has 1 amide bonds. The number of nitrogens with zero attached hydrogens (tertiary/aromatic N) is 1. The Balaban J connectivity index is 1.77. The third-order valence-electron chi connectivity index (χ3n) is 4.18. The Morgan fingerprint density at radius 3 is 2.30 bits per heavy atom. The lowest BCUT2D eigenvalue weighted by Gasteiger charge is -2.30. The normalized spacial score (nSPS) is 20.4. The maximum atomic E-state index is 12.8. The van der Waals surface area contributed by atoms with Crippen molar-refractivity contribution < 1.29 is 14.7 Å². The van der Waals surface area contributed by atoms with E-state index in [1.54, 1.807) is 12.1 Å². The van der Waals surface area contributed by atoms with Gasteiger partial charge < -0.3 is 5.11 Å². The third-order valence-corrected chi connectivity index (χ3v) is 4.18. The van der Waals surface area contributed by atoms with Crippen LogP contribution < -0.4 is 0 Å². The summed E-state index contributed by atoms with van der Waals surface area (Å²) in [4.78, 5) is 18.6. The van der Waals surface area contributed by atoms with Crippen LogP contribution in [0.2, 0.25) is 0 Å². The van der Waals surface area contributed by atoms with Crippen molar-refractivity contribution in [3.05, 3.63) is 71.8 Å². The van der Waals surface area contributed by atoms with E-state index in [4.69, 9.17) is 4.84 Å². The maximum Gasteiger partial charge on any atom is 0.277 e. The van der Waals surface area contributed by atoms with Crippen molar-refractivity contribution in [2.24, 2.45) is 0 Å². The molecule has 0 saturated heterocycles. The van der Waals surface area contributed by atoms with E-state index in [1.807, 2.05) is 48.5 Å². The van der Waals surface area contributed by atoms with Crippen molar-refractivity contribution in [1.29, 1.82) is 0 Å². The van der Waals surface area contributed by atoms with Crippen LogP contribution in [0.5, 0.6) is 0 Å². The Morgan fingerprint density at radius 2 is 1.70 bits per heavy atom. The van der Waals surface area contributed by atoms with Gasteiger partial charge in [0.25, 0.3) is 5.91 Å². The fourth-order valence-electron chi connectivity index (χ4n) is 2.93. The molecule has 1 saturated carbocycles. The van der Waals surface area contributed by atoms with Crippen LogP contribution in [0.25, 0.3) is 0 Å². The second-order valence-electron chi connectivity index (χ2n) is 5.82. The fourth-order valence-corrected chi connectivity index (χ4v) is 2.93. The van der Waals surface area contributed by atoms with Crippen LogP contribution >= 0.6 is 0 Å². The average molecular weight is 311 g/mol. The molecule has 0 heterocycles. The van der Waals surface area contributed by atoms with Crippen LogP contribution in [0.1, 0.15) is 35.2 Å². The molecule has 4 nitrogen and oxygen atoms in total. The summed E-state index contributed by atoms with van der Waals surface area (Å²) in [6.45, 7) is 0.308. The van der Waals surface area contributed by atoms with E-state index in [-0.39, 0.29) is 11.9 Å². The number of rotatable bonds is 5. The Morgan fingerprint density at radius 1 is 1.04 bits per heavy atom. The zero-order valence-corrected chi connectivity index (χ0v) is 13.0. The van der Waals surface area contributed by atoms with Gasteiger partial charge >= 0.3 is 0 Å². The first-order valence-electron chi connectivity index (χ1n) is 7.99. The van der Waals surface area contributed by atoms with Gasteiger partial charge in [-0.3, -0.25) is 9.63 Å². The Bertz CT molecular complexity index is 630. The van der Waals surface area contributed by atoms with Gasteiger partial charge in [0.15, 0.2) is 0 Å². The number of hydrogen-bond donors (Lipinski definition) is 1. The average Bonchev–Trinajstić information content (AvgIpc) is 3.02. The molecule has 1 aliphatic carbocycles. The number of amides is 1. The van der Waals surface area contributed by atoms with E-state index in [1.165, 1.54) is 5.06 Å². The van der Waals surface area contributed by atoms with Gasteiger partial charge in [0.2, 0.25) is 0 Å². The number of aliphatic hydroxyl groups is 1. The second kappa shape index (κ2) is 7.40. The SMILES string of the molecule is O=C(c1ccccc1)N(OCc1ccccc1)C1CCCC1O. The highest BCUT2D eigenvalue weighted by molar-refractivity contribution is 5.93. The molecule has 0 radical (unpaired) electrons. The largest absolute Gasteiger partial charge is 0.391 e. The molecular weight excluding hydrogens is 290 g/mol. The quantitative estimate of drug-likeness (QED) is 0.863. The Hall–Kier alpha value is -2.17. The van der Waals surface area contributed by atoms with Crippen molar-refractivity contribution in [3.63, 3.8) is 0 Å². The van der Waals surface area contributed by atoms with Crippen molar-refractivity contribution in [1.82, 2.24) is 5.06 Å². The van der Waals surface area contributed by atoms with Gasteiger partial charge in [-0.15, -0.1) is 0 Å². The fraction of sp³-hybridized carbons (Fsp3) is 0.316. The predicted molar refractivity (Wildman–Crippen MR) is 87.5 cm³/mol. The van der Waals surface area contributed by atoms with Crippen LogP contribution in [-0.2, 0) is 11.4 Å². The number of aliphatic hydroxyl groups excluding tert-OH is 1. The first-order valence-corrected chi connectivity index (χ1v) is 7.99. The zero-order valence-electron chi connectivity index (χ0n) is 13.0. The minimum atomic E-state index is -0.529. The molecule has 2 unspecified atom stereocenters. The molecule has 4 heteroatoms. The summed E-state index contributed by atoms with van der Waals surface area (Å²) >= 11 is 0. The van der Waals surface area contributed by atoms with Crippen molar-refractivity contribution in [2.45, 2.75) is 38.0 Å². The van der Waals surface area contributed by atoms with Crippen LogP contribution in [0.3, 0.4) is 0 Å². The topological polar surface area (TPSA) is 49.8 Å². The van der Waals surface area contributed by atoms with Gasteiger partial charge in [-0.25, -0.2) is 5.06 Å². The van der Waals surface area contributed by atoms with Crippen molar-refractivity contribution in [2.75, 3.05) is 0 Å². The van der Waals surface area contributed by atoms with Gasteiger partial charge in [-0.2, -0.15) is 0 Å². The standard InChI is InChI=1S/C19H21NO3/c21-18-13-7-12-17(18)20(19(22)16-10-5-2-6-11-16)23-14-15-8-3-1-4-9-15/h1-6,8-11,17-18,21H,7,12-14H2. The van der Waals surface area contributed by atoms with Gasteiger partial charge in [0.1, 0.15) is 6.61 Å². The molecule has 0 aromatic heterocycles. The summed E-state index contributed by atoms with van der Waals surface area (Å²) in [6.07, 6.45) is 1.84. The smallest absolute Gasteiger partial charge is 0.277 e. The molecule has 2 aromatic carbocycles. The minimum Gasteiger partial charge on any atom is -0.391 e. The molecule has 23 heavy (non-hydrogen) atoms. The van der Waals surface area contributed by atoms with Gasteiger partial charge in [0, 0.05) is 5.56 Å². The Labute approximate surface area is 136 Å². The number of carbonyl (C=O) groups is 1. The zero-order chi connectivity index (χ0) is 16.1. The maximum absolute atomic E-state index is 12.8. The van der Waals surface area contributed by atoms with Gasteiger partial charge in [0.05, 0.1) is 12.1 Å². The molecule has 1 N–H and O–H groups in total. The molecule has 0 spiro atoms. The highest BCUT2D eigenvalue weighted by atomic mass is 16.7. The molecule has 2 aromatic rings. The van der Waals surface area contributed by atoms with E-state index in [0.717, 1.165) is 18.4 Å². The summed E-state index contributed by atoms with van der Waals surface area (Å²) in [7, 11) is 0. The van der Waals surface area contributed by atoms with E-state index >= 15 is 0 Å². The van der Waals surface area contributed by atoms with Gasteiger partial charge in [-0.1, -0.05) is 48.5 Å². The van der Waals surface area contributed by atoms with Crippen LogP contribution in [-0.4, -0.2) is 28.2 Å². The first kappa shape index (κ1) is 15.7. The molecule has 3 rings (SSSR count). The first-order chi connectivity index (χ1) is 11.3. The van der Waals surface area contributed by atoms with Crippen molar-refractivity contribution in [3.8, 4) is 0 Å². The van der Waals surface area contributed by atoms with E-state index in [0.29, 0.717) is 18.6 Å². The number of hydroxylamine groups is 2. The lowest BCUT2D eigenvalue weighted by molar-refractivity contribution is -0.172. The Kier molecular flexibility index (Phi) is 5.05. The molecule has 1 fully saturated rings. The predicted octanol–water partition coefficient (Wildman–Crippen LogP) is 3.17. The van der Waals surface area contributed by atoms with E-state index in [9.17, 15) is 9.90 Å². The lowest BCUT2D eigenvalue weighted by atomic mass is 10.1. The summed E-state index contributed by atoms with van der Waals surface area (Å²) < 4.78 is 0. The highest BCUT2D eigenvalue weighted by Crippen LogP contribution is 2.26. The summed E-state index contributed by atoms with van der Waals surface area (Å²) in [6, 6.07) is 18.5. The highest BCUT2D eigenvalue weighted by Gasteiger charge is 2.35. The summed E-state index contributed by atoms with van der Waals surface area (Å²) in [5.41, 5.74) is 1.56. The number of hydrogen-bond acceptors (Lipinski definition) is 3. The van der Waals surface area contributed by atoms with E-state index in [2.05, 4.69) is 0 Å². The van der Waals surface area contributed by atoms with E-state index < -0.39 is 6.10 Å². The number of benzene rings is 2. The molecular formula is C19H21NO3. The van der Waals surface area contributed by atoms with Crippen LogP contribution in [0.4, 0.5) is 0 Å². The monoisotopic (exact) mass is 311 g/mol. The van der Waals surface area contributed by atoms with Crippen LogP contribution in [0, 0.1) is 0 Å². The summed E-state index contributed by atoms with van der Waals surface area (Å²) in [5.74, 6) is -0.201. The van der Waals surface area contributed by atoms with Crippen LogP contribution in [0.15, 0.2) is 60.7 Å². The molecule has 120 valence electrons.